The summed E-state index contributed by atoms with van der Waals surface area (Å²) in [6, 6.07) is 1.61. The highest BCUT2D eigenvalue weighted by molar-refractivity contribution is 5.89. The molecule has 19 heavy (non-hydrogen) atoms. The van der Waals surface area contributed by atoms with Gasteiger partial charge in [-0.25, -0.2) is 9.78 Å². The van der Waals surface area contributed by atoms with Crippen LogP contribution in [0.3, 0.4) is 0 Å². The molecule has 0 aliphatic rings. The maximum absolute atomic E-state index is 11.8. The monoisotopic (exact) mass is 263 g/mol. The fourth-order valence-electron chi connectivity index (χ4n) is 1.53. The maximum atomic E-state index is 11.8. The molecule has 0 saturated carbocycles. The number of carbonyl (C=O) groups is 1. The Bertz CT molecular complexity index is 672. The van der Waals surface area contributed by atoms with E-state index in [1.54, 1.807) is 19.9 Å². The van der Waals surface area contributed by atoms with Crippen LogP contribution in [0.5, 0.6) is 0 Å². The standard InChI is InChI=1S/C12H13N3O4/c1-4-18-12(17)9-7(3)11(16)14-10(13-9)8-5-6(2)19-15-8/h5H,4H2,1-3H3,(H,13,14,16). The van der Waals surface area contributed by atoms with Crippen LogP contribution < -0.4 is 5.56 Å². The topological polar surface area (TPSA) is 98.1 Å². The first kappa shape index (κ1) is 13.0. The summed E-state index contributed by atoms with van der Waals surface area (Å²) in [5.74, 6) is 0.124. The molecule has 0 spiro atoms. The number of H-pyrrole nitrogens is 1. The minimum Gasteiger partial charge on any atom is -0.461 e. The highest BCUT2D eigenvalue weighted by Gasteiger charge is 2.18. The number of nitrogens with one attached hydrogen (secondary N) is 1. The Kier molecular flexibility index (Phi) is 3.46. The summed E-state index contributed by atoms with van der Waals surface area (Å²) < 4.78 is 9.77. The lowest BCUT2D eigenvalue weighted by Gasteiger charge is -2.05. The summed E-state index contributed by atoms with van der Waals surface area (Å²) in [7, 11) is 0. The van der Waals surface area contributed by atoms with E-state index in [2.05, 4.69) is 15.1 Å². The summed E-state index contributed by atoms with van der Waals surface area (Å²) in [6.07, 6.45) is 0. The molecule has 0 radical (unpaired) electrons. The fraction of sp³-hybridized carbons (Fsp3) is 0.333. The van der Waals surface area contributed by atoms with E-state index in [9.17, 15) is 9.59 Å². The molecule has 7 heteroatoms. The summed E-state index contributed by atoms with van der Waals surface area (Å²) >= 11 is 0. The molecule has 0 unspecified atom stereocenters. The summed E-state index contributed by atoms with van der Waals surface area (Å²) in [4.78, 5) is 30.1. The number of carbonyl (C=O) groups excluding carboxylic acids is 1. The van der Waals surface area contributed by atoms with Crippen LogP contribution in [0.4, 0.5) is 0 Å². The molecule has 0 aliphatic heterocycles. The molecule has 1 N–H and O–H groups in total. The van der Waals surface area contributed by atoms with E-state index in [0.29, 0.717) is 11.5 Å². The average Bonchev–Trinajstić information content (AvgIpc) is 2.79. The molecular weight excluding hydrogens is 250 g/mol. The summed E-state index contributed by atoms with van der Waals surface area (Å²) in [5, 5.41) is 3.74. The van der Waals surface area contributed by atoms with Crippen LogP contribution in [0.1, 0.15) is 28.7 Å². The van der Waals surface area contributed by atoms with E-state index >= 15 is 0 Å². The molecule has 2 aromatic heterocycles. The molecule has 0 aromatic carbocycles. The molecule has 0 saturated heterocycles. The third-order valence-electron chi connectivity index (χ3n) is 2.49. The largest absolute Gasteiger partial charge is 0.461 e. The van der Waals surface area contributed by atoms with Crippen LogP contribution in [0, 0.1) is 13.8 Å². The summed E-state index contributed by atoms with van der Waals surface area (Å²) in [5.41, 5.74) is 0.150. The van der Waals surface area contributed by atoms with E-state index < -0.39 is 11.5 Å². The van der Waals surface area contributed by atoms with Crippen molar-refractivity contribution in [3.05, 3.63) is 33.4 Å². The van der Waals surface area contributed by atoms with E-state index in [-0.39, 0.29) is 23.7 Å². The number of ether oxygens (including phenoxy) is 1. The first-order chi connectivity index (χ1) is 9.02. The number of hydrogen-bond acceptors (Lipinski definition) is 6. The Hall–Kier alpha value is -2.44. The number of esters is 1. The Balaban J connectivity index is 2.54. The molecule has 0 aliphatic carbocycles. The van der Waals surface area contributed by atoms with Gasteiger partial charge in [0.05, 0.1) is 6.61 Å². The van der Waals surface area contributed by atoms with E-state index in [4.69, 9.17) is 9.26 Å². The van der Waals surface area contributed by atoms with Gasteiger partial charge in [-0.3, -0.25) is 4.79 Å². The minimum absolute atomic E-state index is 0.0127. The van der Waals surface area contributed by atoms with Crippen LogP contribution >= 0.6 is 0 Å². The van der Waals surface area contributed by atoms with Gasteiger partial charge >= 0.3 is 5.97 Å². The van der Waals surface area contributed by atoms with Crippen LogP contribution in [-0.4, -0.2) is 27.7 Å². The lowest BCUT2D eigenvalue weighted by Crippen LogP contribution is -2.20. The van der Waals surface area contributed by atoms with E-state index in [1.165, 1.54) is 6.92 Å². The first-order valence-corrected chi connectivity index (χ1v) is 5.74. The Morgan fingerprint density at radius 2 is 2.21 bits per heavy atom. The zero-order chi connectivity index (χ0) is 14.0. The molecule has 100 valence electrons. The third-order valence-corrected chi connectivity index (χ3v) is 2.49. The van der Waals surface area contributed by atoms with Crippen LogP contribution in [0.2, 0.25) is 0 Å². The van der Waals surface area contributed by atoms with Crippen molar-refractivity contribution in [3.63, 3.8) is 0 Å². The van der Waals surface area contributed by atoms with Crippen molar-refractivity contribution in [2.24, 2.45) is 0 Å². The Labute approximate surface area is 108 Å². The number of rotatable bonds is 3. The normalized spacial score (nSPS) is 10.5. The second-order valence-corrected chi connectivity index (χ2v) is 3.93. The van der Waals surface area contributed by atoms with Crippen molar-refractivity contribution in [2.45, 2.75) is 20.8 Å². The fourth-order valence-corrected chi connectivity index (χ4v) is 1.53. The number of aromatic nitrogens is 3. The molecular formula is C12H13N3O4. The van der Waals surface area contributed by atoms with Crippen LogP contribution in [0.25, 0.3) is 11.5 Å². The first-order valence-electron chi connectivity index (χ1n) is 5.74. The molecule has 7 nitrogen and oxygen atoms in total. The molecule has 2 aromatic rings. The average molecular weight is 263 g/mol. The third kappa shape index (κ3) is 2.54. The second kappa shape index (κ2) is 5.05. The Morgan fingerprint density at radius 3 is 2.79 bits per heavy atom. The van der Waals surface area contributed by atoms with Gasteiger partial charge in [-0.05, 0) is 20.8 Å². The lowest BCUT2D eigenvalue weighted by atomic mass is 10.2. The van der Waals surface area contributed by atoms with Crippen molar-refractivity contribution in [1.29, 1.82) is 0 Å². The van der Waals surface area contributed by atoms with Crippen LogP contribution in [-0.2, 0) is 4.74 Å². The van der Waals surface area contributed by atoms with Gasteiger partial charge in [0.25, 0.3) is 5.56 Å². The molecule has 2 heterocycles. The predicted octanol–water partition coefficient (Wildman–Crippen LogP) is 1.22. The molecule has 0 atom stereocenters. The van der Waals surface area contributed by atoms with Crippen molar-refractivity contribution in [1.82, 2.24) is 15.1 Å². The predicted molar refractivity (Wildman–Crippen MR) is 65.8 cm³/mol. The van der Waals surface area contributed by atoms with Crippen LogP contribution in [0.15, 0.2) is 15.4 Å². The number of nitrogens with zero attached hydrogens (tertiary/aromatic N) is 2. The number of aryl methyl sites for hydroxylation is 1. The van der Waals surface area contributed by atoms with E-state index in [0.717, 1.165) is 0 Å². The quantitative estimate of drug-likeness (QED) is 0.836. The van der Waals surface area contributed by atoms with Crippen molar-refractivity contribution < 1.29 is 14.1 Å². The van der Waals surface area contributed by atoms with Gasteiger partial charge in [0.2, 0.25) is 0 Å². The van der Waals surface area contributed by atoms with Crippen molar-refractivity contribution in [3.8, 4) is 11.5 Å². The van der Waals surface area contributed by atoms with Crippen molar-refractivity contribution in [2.75, 3.05) is 6.61 Å². The van der Waals surface area contributed by atoms with Gasteiger partial charge in [0.1, 0.15) is 11.5 Å². The molecule has 2 rings (SSSR count). The van der Waals surface area contributed by atoms with Gasteiger partial charge in [0.15, 0.2) is 11.5 Å². The SMILES string of the molecule is CCOC(=O)c1nc(-c2cc(C)on2)[nH]c(=O)c1C. The molecule has 0 fully saturated rings. The van der Waals surface area contributed by atoms with E-state index in [1.807, 2.05) is 0 Å². The molecule has 0 amide bonds. The summed E-state index contributed by atoms with van der Waals surface area (Å²) in [6.45, 7) is 5.12. The second-order valence-electron chi connectivity index (χ2n) is 3.93. The van der Waals surface area contributed by atoms with Gasteiger partial charge in [-0.2, -0.15) is 0 Å². The maximum Gasteiger partial charge on any atom is 0.357 e. The zero-order valence-electron chi connectivity index (χ0n) is 10.8. The highest BCUT2D eigenvalue weighted by Crippen LogP contribution is 2.14. The number of hydrogen-bond donors (Lipinski definition) is 1. The zero-order valence-corrected chi connectivity index (χ0v) is 10.8. The minimum atomic E-state index is -0.632. The molecule has 0 bridgehead atoms. The smallest absolute Gasteiger partial charge is 0.357 e. The van der Waals surface area contributed by atoms with Gasteiger partial charge in [0, 0.05) is 11.6 Å². The van der Waals surface area contributed by atoms with Gasteiger partial charge in [-0.1, -0.05) is 5.16 Å². The van der Waals surface area contributed by atoms with Gasteiger partial charge in [-0.15, -0.1) is 0 Å². The van der Waals surface area contributed by atoms with Gasteiger partial charge < -0.3 is 14.2 Å². The lowest BCUT2D eigenvalue weighted by molar-refractivity contribution is 0.0518. The highest BCUT2D eigenvalue weighted by atomic mass is 16.5. The number of aromatic amines is 1. The van der Waals surface area contributed by atoms with Crippen molar-refractivity contribution >= 4 is 5.97 Å². The Morgan fingerprint density at radius 1 is 1.47 bits per heavy atom.